The van der Waals surface area contributed by atoms with Crippen LogP contribution in [0.25, 0.3) is 11.1 Å². The van der Waals surface area contributed by atoms with Gasteiger partial charge in [0.05, 0.1) is 6.61 Å². The van der Waals surface area contributed by atoms with Crippen LogP contribution in [-0.4, -0.2) is 24.3 Å². The van der Waals surface area contributed by atoms with Crippen molar-refractivity contribution in [2.75, 3.05) is 13.2 Å². The molecule has 5 heteroatoms. The van der Waals surface area contributed by atoms with E-state index in [2.05, 4.69) is 13.5 Å². The molecule has 0 aliphatic carbocycles. The average Bonchev–Trinajstić information content (AvgIpc) is 2.74. The Kier molecular flexibility index (Phi) is 9.18. The summed E-state index contributed by atoms with van der Waals surface area (Å²) in [4.78, 5) is 11.5. The summed E-state index contributed by atoms with van der Waals surface area (Å²) < 4.78 is 34.8. The van der Waals surface area contributed by atoms with E-state index >= 15 is 0 Å². The van der Waals surface area contributed by atoms with Crippen molar-refractivity contribution in [2.24, 2.45) is 0 Å². The molecule has 3 nitrogen and oxygen atoms in total. The first-order valence-electron chi connectivity index (χ1n) is 10.4. The summed E-state index contributed by atoms with van der Waals surface area (Å²) in [6, 6.07) is 10.6. The van der Waals surface area contributed by atoms with Crippen molar-refractivity contribution in [3.63, 3.8) is 0 Å². The third kappa shape index (κ3) is 6.23. The number of rotatable bonds is 11. The molecule has 0 aromatic heterocycles. The molecule has 1 unspecified atom stereocenters. The molecule has 1 atom stereocenters. The zero-order valence-corrected chi connectivity index (χ0v) is 17.7. The lowest BCUT2D eigenvalue weighted by Gasteiger charge is -2.18. The molecule has 0 bridgehead atoms. The molecule has 0 aliphatic rings. The highest BCUT2D eigenvalue weighted by Crippen LogP contribution is 2.32. The fourth-order valence-corrected chi connectivity index (χ4v) is 3.36. The monoisotopic (exact) mass is 416 g/mol. The number of hydrogen-bond acceptors (Lipinski definition) is 3. The lowest BCUT2D eigenvalue weighted by molar-refractivity contribution is -0.139. The molecule has 2 rings (SSSR count). The number of halogens is 2. The third-order valence-corrected chi connectivity index (χ3v) is 5.16. The number of unbranched alkanes of at least 4 members (excludes halogenated alkanes) is 1. The standard InChI is InChI=1S/C25H30F2O3/c1-4-5-6-18-7-9-19(10-8-18)21-11-12-22(24(27)23(21)26)20(13-15-28)14-16-30-25(29)17(2)3/h7-12,20,28H,2,4-6,13-16H2,1,3H3. The molecule has 30 heavy (non-hydrogen) atoms. The van der Waals surface area contributed by atoms with Gasteiger partial charge in [0.1, 0.15) is 0 Å². The summed E-state index contributed by atoms with van der Waals surface area (Å²) in [7, 11) is 0. The Morgan fingerprint density at radius 1 is 1.10 bits per heavy atom. The van der Waals surface area contributed by atoms with Crippen LogP contribution in [0.1, 0.15) is 56.6 Å². The van der Waals surface area contributed by atoms with Crippen LogP contribution in [0.15, 0.2) is 48.6 Å². The second-order valence-electron chi connectivity index (χ2n) is 7.54. The number of carbonyl (C=O) groups is 1. The minimum atomic E-state index is -0.924. The van der Waals surface area contributed by atoms with Crippen molar-refractivity contribution in [1.29, 1.82) is 0 Å². The predicted octanol–water partition coefficient (Wildman–Crippen LogP) is 5.95. The molecule has 0 aliphatic heterocycles. The van der Waals surface area contributed by atoms with Gasteiger partial charge in [-0.25, -0.2) is 13.6 Å². The van der Waals surface area contributed by atoms with Crippen LogP contribution < -0.4 is 0 Å². The first-order chi connectivity index (χ1) is 14.4. The van der Waals surface area contributed by atoms with Gasteiger partial charge in [0.25, 0.3) is 0 Å². The Morgan fingerprint density at radius 2 is 1.80 bits per heavy atom. The summed E-state index contributed by atoms with van der Waals surface area (Å²) in [5, 5.41) is 9.34. The van der Waals surface area contributed by atoms with Crippen molar-refractivity contribution in [2.45, 2.75) is 51.9 Å². The Bertz CT molecular complexity index is 859. The van der Waals surface area contributed by atoms with Gasteiger partial charge >= 0.3 is 5.97 Å². The SMILES string of the molecule is C=C(C)C(=O)OCCC(CCO)c1ccc(-c2ccc(CCCC)cc2)c(F)c1F. The summed E-state index contributed by atoms with van der Waals surface area (Å²) in [6.45, 7) is 7.03. The molecule has 0 heterocycles. The van der Waals surface area contributed by atoms with Crippen molar-refractivity contribution in [3.05, 3.63) is 71.3 Å². The van der Waals surface area contributed by atoms with E-state index in [-0.39, 0.29) is 42.8 Å². The lowest BCUT2D eigenvalue weighted by atomic mass is 9.90. The average molecular weight is 417 g/mol. The van der Waals surface area contributed by atoms with E-state index in [1.807, 2.05) is 24.3 Å². The minimum Gasteiger partial charge on any atom is -0.462 e. The summed E-state index contributed by atoms with van der Waals surface area (Å²) in [5.74, 6) is -2.82. The molecule has 2 aromatic rings. The molecule has 0 radical (unpaired) electrons. The molecule has 0 spiro atoms. The molecule has 0 saturated heterocycles. The van der Waals surface area contributed by atoms with Gasteiger partial charge in [-0.2, -0.15) is 0 Å². The van der Waals surface area contributed by atoms with Gasteiger partial charge in [-0.05, 0) is 55.2 Å². The molecule has 0 fully saturated rings. The molecule has 0 saturated carbocycles. The Hall–Kier alpha value is -2.53. The number of ether oxygens (including phenoxy) is 1. The summed E-state index contributed by atoms with van der Waals surface area (Å²) in [6.07, 6.45) is 3.68. The van der Waals surface area contributed by atoms with E-state index in [9.17, 15) is 18.7 Å². The fourth-order valence-electron chi connectivity index (χ4n) is 3.36. The first kappa shape index (κ1) is 23.7. The molecule has 0 amide bonds. The van der Waals surface area contributed by atoms with E-state index in [1.54, 1.807) is 12.1 Å². The van der Waals surface area contributed by atoms with Crippen molar-refractivity contribution >= 4 is 5.97 Å². The van der Waals surface area contributed by atoms with Crippen LogP contribution in [0, 0.1) is 11.6 Å². The van der Waals surface area contributed by atoms with Gasteiger partial charge in [0, 0.05) is 17.7 Å². The van der Waals surface area contributed by atoms with Gasteiger partial charge in [0.2, 0.25) is 0 Å². The Balaban J connectivity index is 2.20. The van der Waals surface area contributed by atoms with Crippen LogP contribution in [0.2, 0.25) is 0 Å². The van der Waals surface area contributed by atoms with Crippen molar-refractivity contribution in [1.82, 2.24) is 0 Å². The second kappa shape index (κ2) is 11.6. The van der Waals surface area contributed by atoms with E-state index in [1.165, 1.54) is 12.5 Å². The third-order valence-electron chi connectivity index (χ3n) is 5.16. The van der Waals surface area contributed by atoms with E-state index in [0.717, 1.165) is 19.3 Å². The maximum atomic E-state index is 14.9. The number of aryl methyl sites for hydroxylation is 1. The van der Waals surface area contributed by atoms with Crippen LogP contribution in [-0.2, 0) is 16.0 Å². The van der Waals surface area contributed by atoms with E-state index < -0.39 is 23.5 Å². The molecular formula is C25H30F2O3. The molecular weight excluding hydrogens is 386 g/mol. The van der Waals surface area contributed by atoms with E-state index in [0.29, 0.717) is 5.56 Å². The highest BCUT2D eigenvalue weighted by atomic mass is 19.2. The molecule has 2 aromatic carbocycles. The van der Waals surface area contributed by atoms with Crippen LogP contribution >= 0.6 is 0 Å². The number of esters is 1. The number of carbonyl (C=O) groups excluding carboxylic acids is 1. The molecule has 162 valence electrons. The smallest absolute Gasteiger partial charge is 0.333 e. The topological polar surface area (TPSA) is 46.5 Å². The van der Waals surface area contributed by atoms with Crippen molar-refractivity contribution in [3.8, 4) is 11.1 Å². The van der Waals surface area contributed by atoms with Gasteiger partial charge in [0.15, 0.2) is 11.6 Å². The lowest BCUT2D eigenvalue weighted by Crippen LogP contribution is -2.12. The Labute approximate surface area is 177 Å². The number of hydrogen-bond donors (Lipinski definition) is 1. The van der Waals surface area contributed by atoms with Crippen LogP contribution in [0.4, 0.5) is 8.78 Å². The maximum absolute atomic E-state index is 14.9. The number of aliphatic hydroxyl groups excluding tert-OH is 1. The highest BCUT2D eigenvalue weighted by Gasteiger charge is 2.21. The largest absolute Gasteiger partial charge is 0.462 e. The van der Waals surface area contributed by atoms with Gasteiger partial charge in [-0.15, -0.1) is 0 Å². The molecule has 1 N–H and O–H groups in total. The summed E-state index contributed by atoms with van der Waals surface area (Å²) >= 11 is 0. The highest BCUT2D eigenvalue weighted by molar-refractivity contribution is 5.86. The zero-order chi connectivity index (χ0) is 22.1. The van der Waals surface area contributed by atoms with Crippen molar-refractivity contribution < 1.29 is 23.4 Å². The van der Waals surface area contributed by atoms with Gasteiger partial charge in [-0.3, -0.25) is 0 Å². The first-order valence-corrected chi connectivity index (χ1v) is 10.4. The van der Waals surface area contributed by atoms with Gasteiger partial charge in [-0.1, -0.05) is 56.3 Å². The minimum absolute atomic E-state index is 0.0401. The van der Waals surface area contributed by atoms with Gasteiger partial charge < -0.3 is 9.84 Å². The zero-order valence-electron chi connectivity index (χ0n) is 17.7. The summed E-state index contributed by atoms with van der Waals surface area (Å²) in [5.41, 5.74) is 2.44. The normalized spacial score (nSPS) is 11.9. The Morgan fingerprint density at radius 3 is 2.40 bits per heavy atom. The number of benzene rings is 2. The predicted molar refractivity (Wildman–Crippen MR) is 115 cm³/mol. The van der Waals surface area contributed by atoms with Crippen LogP contribution in [0.3, 0.4) is 0 Å². The fraction of sp³-hybridized carbons (Fsp3) is 0.400. The van der Waals surface area contributed by atoms with Crippen LogP contribution in [0.5, 0.6) is 0 Å². The van der Waals surface area contributed by atoms with E-state index in [4.69, 9.17) is 4.74 Å². The number of aliphatic hydroxyl groups is 1. The quantitative estimate of drug-likeness (QED) is 0.364. The second-order valence-corrected chi connectivity index (χ2v) is 7.54. The maximum Gasteiger partial charge on any atom is 0.333 e.